The van der Waals surface area contributed by atoms with Crippen LogP contribution in [0, 0.1) is 0 Å². The molecular weight excluding hydrogens is 334 g/mol. The number of morpholine rings is 1. The van der Waals surface area contributed by atoms with Gasteiger partial charge < -0.3 is 14.5 Å². The molecule has 132 valence electrons. The second-order valence-electron chi connectivity index (χ2n) is 6.58. The average molecular weight is 357 g/mol. The number of ether oxygens (including phenoxy) is 1. The van der Waals surface area contributed by atoms with Crippen molar-refractivity contribution in [2.45, 2.75) is 25.4 Å². The van der Waals surface area contributed by atoms with E-state index in [9.17, 15) is 4.79 Å². The highest BCUT2D eigenvalue weighted by molar-refractivity contribution is 8.16. The van der Waals surface area contributed by atoms with Crippen LogP contribution in [0.2, 0.25) is 0 Å². The number of carbonyl (C=O) groups excluding carboxylic acids is 1. The van der Waals surface area contributed by atoms with E-state index in [1.807, 2.05) is 11.0 Å². The standard InChI is InChI=1S/C19H23N3O2S/c23-18(12-16-14-25-19-20-8-9-22(16)19)21-10-11-24-17(13-21)7-6-15-4-2-1-3-5-15/h1-5,14,17H,6-13H2/t17-/m1/s1. The number of aryl methyl sites for hydroxylation is 1. The van der Waals surface area contributed by atoms with Gasteiger partial charge in [-0.05, 0) is 23.8 Å². The molecule has 1 saturated heterocycles. The predicted molar refractivity (Wildman–Crippen MR) is 100 cm³/mol. The molecule has 1 aromatic carbocycles. The number of thioether (sulfide) groups is 1. The van der Waals surface area contributed by atoms with Gasteiger partial charge in [-0.25, -0.2) is 0 Å². The molecule has 4 rings (SSSR count). The largest absolute Gasteiger partial charge is 0.375 e. The zero-order chi connectivity index (χ0) is 17.1. The molecule has 0 bridgehead atoms. The molecule has 1 atom stereocenters. The molecule has 3 heterocycles. The molecule has 1 fully saturated rings. The van der Waals surface area contributed by atoms with E-state index in [1.165, 1.54) is 5.56 Å². The molecule has 1 aromatic rings. The van der Waals surface area contributed by atoms with E-state index in [-0.39, 0.29) is 12.0 Å². The Balaban J connectivity index is 1.29. The van der Waals surface area contributed by atoms with Gasteiger partial charge in [-0.3, -0.25) is 9.79 Å². The third kappa shape index (κ3) is 3.90. The Labute approximate surface area is 152 Å². The first-order valence-corrected chi connectivity index (χ1v) is 9.78. The van der Waals surface area contributed by atoms with E-state index in [2.05, 4.69) is 39.6 Å². The van der Waals surface area contributed by atoms with Gasteiger partial charge in [-0.15, -0.1) is 0 Å². The molecule has 0 aliphatic carbocycles. The van der Waals surface area contributed by atoms with E-state index in [0.29, 0.717) is 26.1 Å². The number of aliphatic imine (C=N–C) groups is 1. The minimum absolute atomic E-state index is 0.133. The molecule has 0 N–H and O–H groups in total. The molecule has 0 unspecified atom stereocenters. The molecule has 0 spiro atoms. The van der Waals surface area contributed by atoms with Crippen molar-refractivity contribution >= 4 is 22.8 Å². The number of amides is 1. The van der Waals surface area contributed by atoms with Gasteiger partial charge in [-0.1, -0.05) is 42.1 Å². The topological polar surface area (TPSA) is 45.1 Å². The molecule has 0 radical (unpaired) electrons. The first kappa shape index (κ1) is 16.7. The zero-order valence-corrected chi connectivity index (χ0v) is 15.1. The lowest BCUT2D eigenvalue weighted by Gasteiger charge is -2.33. The van der Waals surface area contributed by atoms with Crippen LogP contribution < -0.4 is 0 Å². The highest BCUT2D eigenvalue weighted by Gasteiger charge is 2.30. The van der Waals surface area contributed by atoms with Crippen LogP contribution in [0.15, 0.2) is 46.4 Å². The maximum Gasteiger partial charge on any atom is 0.228 e. The molecule has 0 saturated carbocycles. The minimum Gasteiger partial charge on any atom is -0.375 e. The van der Waals surface area contributed by atoms with E-state index in [4.69, 9.17) is 4.74 Å². The average Bonchev–Trinajstić information content (AvgIpc) is 3.26. The summed E-state index contributed by atoms with van der Waals surface area (Å²) in [4.78, 5) is 21.3. The Bertz CT molecular complexity index is 689. The number of hydrogen-bond acceptors (Lipinski definition) is 5. The number of rotatable bonds is 5. The highest BCUT2D eigenvalue weighted by Crippen LogP contribution is 2.31. The van der Waals surface area contributed by atoms with Crippen molar-refractivity contribution in [3.05, 3.63) is 47.0 Å². The summed E-state index contributed by atoms with van der Waals surface area (Å²) in [5, 5.41) is 3.12. The van der Waals surface area contributed by atoms with Gasteiger partial charge in [0.2, 0.25) is 5.91 Å². The van der Waals surface area contributed by atoms with Gasteiger partial charge in [0, 0.05) is 25.3 Å². The number of amidine groups is 1. The van der Waals surface area contributed by atoms with Crippen LogP contribution in [-0.4, -0.2) is 59.8 Å². The SMILES string of the molecule is O=C(CC1=CSC2=NCCN12)N1CCO[C@H](CCc2ccccc2)C1. The fourth-order valence-corrected chi connectivity index (χ4v) is 4.43. The molecule has 6 heteroatoms. The third-order valence-electron chi connectivity index (χ3n) is 4.87. The molecule has 3 aliphatic rings. The van der Waals surface area contributed by atoms with E-state index in [1.54, 1.807) is 11.8 Å². The second kappa shape index (κ2) is 7.62. The summed E-state index contributed by atoms with van der Waals surface area (Å²) in [6.07, 6.45) is 2.55. The number of carbonyl (C=O) groups is 1. The maximum atomic E-state index is 12.7. The maximum absolute atomic E-state index is 12.7. The third-order valence-corrected chi connectivity index (χ3v) is 5.82. The summed E-state index contributed by atoms with van der Waals surface area (Å²) in [7, 11) is 0. The van der Waals surface area contributed by atoms with Crippen molar-refractivity contribution in [3.63, 3.8) is 0 Å². The highest BCUT2D eigenvalue weighted by atomic mass is 32.2. The van der Waals surface area contributed by atoms with Crippen molar-refractivity contribution in [3.8, 4) is 0 Å². The molecule has 0 aromatic heterocycles. The number of hydrogen-bond donors (Lipinski definition) is 0. The van der Waals surface area contributed by atoms with Crippen LogP contribution in [0.3, 0.4) is 0 Å². The Morgan fingerprint density at radius 3 is 3.04 bits per heavy atom. The molecule has 25 heavy (non-hydrogen) atoms. The summed E-state index contributed by atoms with van der Waals surface area (Å²) >= 11 is 1.63. The number of fused-ring (bicyclic) bond motifs is 1. The van der Waals surface area contributed by atoms with Crippen molar-refractivity contribution in [2.75, 3.05) is 32.8 Å². The van der Waals surface area contributed by atoms with Gasteiger partial charge in [0.25, 0.3) is 0 Å². The van der Waals surface area contributed by atoms with Crippen molar-refractivity contribution in [2.24, 2.45) is 4.99 Å². The van der Waals surface area contributed by atoms with E-state index in [0.717, 1.165) is 36.8 Å². The minimum atomic E-state index is 0.133. The van der Waals surface area contributed by atoms with Gasteiger partial charge >= 0.3 is 0 Å². The van der Waals surface area contributed by atoms with Crippen LogP contribution in [0.5, 0.6) is 0 Å². The smallest absolute Gasteiger partial charge is 0.228 e. The number of benzene rings is 1. The molecule has 3 aliphatic heterocycles. The van der Waals surface area contributed by atoms with Gasteiger partial charge in [0.05, 0.1) is 25.7 Å². The molecular formula is C19H23N3O2S. The van der Waals surface area contributed by atoms with Crippen LogP contribution in [0.25, 0.3) is 0 Å². The van der Waals surface area contributed by atoms with E-state index < -0.39 is 0 Å². The normalized spacial score (nSPS) is 22.6. The number of nitrogens with zero attached hydrogens (tertiary/aromatic N) is 3. The van der Waals surface area contributed by atoms with Crippen LogP contribution in [0.1, 0.15) is 18.4 Å². The van der Waals surface area contributed by atoms with Gasteiger partial charge in [0.15, 0.2) is 5.17 Å². The lowest BCUT2D eigenvalue weighted by Crippen LogP contribution is -2.46. The van der Waals surface area contributed by atoms with Crippen LogP contribution in [-0.2, 0) is 16.0 Å². The van der Waals surface area contributed by atoms with E-state index >= 15 is 0 Å². The fraction of sp³-hybridized carbons (Fsp3) is 0.474. The second-order valence-corrected chi connectivity index (χ2v) is 7.41. The monoisotopic (exact) mass is 357 g/mol. The Kier molecular flexibility index (Phi) is 5.08. The van der Waals surface area contributed by atoms with Gasteiger partial charge in [0.1, 0.15) is 0 Å². The summed E-state index contributed by atoms with van der Waals surface area (Å²) in [5.41, 5.74) is 2.42. The summed E-state index contributed by atoms with van der Waals surface area (Å²) in [6.45, 7) is 3.78. The fourth-order valence-electron chi connectivity index (χ4n) is 3.48. The summed E-state index contributed by atoms with van der Waals surface area (Å²) in [6, 6.07) is 10.5. The molecule has 1 amide bonds. The Morgan fingerprint density at radius 1 is 1.28 bits per heavy atom. The first-order valence-electron chi connectivity index (χ1n) is 8.90. The lowest BCUT2D eigenvalue weighted by molar-refractivity contribution is -0.138. The van der Waals surface area contributed by atoms with Crippen LogP contribution >= 0.6 is 11.8 Å². The van der Waals surface area contributed by atoms with Crippen LogP contribution in [0.4, 0.5) is 0 Å². The lowest BCUT2D eigenvalue weighted by atomic mass is 10.1. The van der Waals surface area contributed by atoms with Crippen molar-refractivity contribution < 1.29 is 9.53 Å². The predicted octanol–water partition coefficient (Wildman–Crippen LogP) is 2.50. The quantitative estimate of drug-likeness (QED) is 0.812. The molecule has 5 nitrogen and oxygen atoms in total. The Hall–Kier alpha value is -1.79. The van der Waals surface area contributed by atoms with Crippen molar-refractivity contribution in [1.82, 2.24) is 9.80 Å². The summed E-state index contributed by atoms with van der Waals surface area (Å²) < 4.78 is 5.88. The van der Waals surface area contributed by atoms with Crippen molar-refractivity contribution in [1.29, 1.82) is 0 Å². The zero-order valence-electron chi connectivity index (χ0n) is 14.3. The summed E-state index contributed by atoms with van der Waals surface area (Å²) in [5.74, 6) is 0.202. The Morgan fingerprint density at radius 2 is 2.16 bits per heavy atom. The first-order chi connectivity index (χ1) is 12.3. The van der Waals surface area contributed by atoms with Gasteiger partial charge in [-0.2, -0.15) is 0 Å².